The Morgan fingerprint density at radius 3 is 3.00 bits per heavy atom. The van der Waals surface area contributed by atoms with Crippen LogP contribution in [-0.2, 0) is 4.79 Å². The predicted octanol–water partition coefficient (Wildman–Crippen LogP) is 0.650. The first-order chi connectivity index (χ1) is 7.22. The molecule has 3 N–H and O–H groups in total. The summed E-state index contributed by atoms with van der Waals surface area (Å²) in [6, 6.07) is 7.14. The number of aliphatic hydroxyl groups is 1. The van der Waals surface area contributed by atoms with Crippen molar-refractivity contribution in [2.75, 3.05) is 11.9 Å². The van der Waals surface area contributed by atoms with Crippen LogP contribution in [0, 0.1) is 0 Å². The molecule has 0 spiro atoms. The number of amides is 1. The Hall–Kier alpha value is -1.39. The Kier molecular flexibility index (Phi) is 2.70. The van der Waals surface area contributed by atoms with Crippen LogP contribution in [0.3, 0.4) is 0 Å². The molecule has 1 heterocycles. The average molecular weight is 206 g/mol. The maximum absolute atomic E-state index is 11.6. The molecule has 0 saturated heterocycles. The number of benzene rings is 1. The van der Waals surface area contributed by atoms with Crippen LogP contribution in [0.25, 0.3) is 0 Å². The molecule has 1 aliphatic rings. The van der Waals surface area contributed by atoms with Crippen molar-refractivity contribution in [3.8, 4) is 0 Å². The zero-order valence-corrected chi connectivity index (χ0v) is 8.53. The quantitative estimate of drug-likeness (QED) is 0.680. The van der Waals surface area contributed by atoms with Crippen molar-refractivity contribution < 1.29 is 9.90 Å². The molecule has 2 rings (SSSR count). The van der Waals surface area contributed by atoms with Gasteiger partial charge in [-0.2, -0.15) is 0 Å². The maximum atomic E-state index is 11.6. The Bertz CT molecular complexity index is 379. The van der Waals surface area contributed by atoms with Crippen LogP contribution < -0.4 is 10.6 Å². The summed E-state index contributed by atoms with van der Waals surface area (Å²) in [4.78, 5) is 11.6. The summed E-state index contributed by atoms with van der Waals surface area (Å²) in [5.74, 6) is -0.0588. The minimum atomic E-state index is -0.344. The third kappa shape index (κ3) is 1.86. The highest BCUT2D eigenvalue weighted by Gasteiger charge is 2.30. The van der Waals surface area contributed by atoms with Crippen LogP contribution >= 0.6 is 0 Å². The van der Waals surface area contributed by atoms with E-state index in [-0.39, 0.29) is 24.6 Å². The maximum Gasteiger partial charge on any atom is 0.246 e. The molecule has 4 nitrogen and oxygen atoms in total. The Balaban J connectivity index is 2.22. The van der Waals surface area contributed by atoms with E-state index in [1.165, 1.54) is 0 Å². The fourth-order valence-electron chi connectivity index (χ4n) is 1.71. The van der Waals surface area contributed by atoms with E-state index in [0.717, 1.165) is 11.3 Å². The minimum absolute atomic E-state index is 0.0198. The molecule has 1 aliphatic heterocycles. The van der Waals surface area contributed by atoms with E-state index in [2.05, 4.69) is 10.6 Å². The summed E-state index contributed by atoms with van der Waals surface area (Å²) >= 11 is 0. The SMILES string of the molecule is CC(CO)NC1C(=O)Nc2ccccc21. The lowest BCUT2D eigenvalue weighted by atomic mass is 10.1. The van der Waals surface area contributed by atoms with Gasteiger partial charge in [-0.25, -0.2) is 0 Å². The molecule has 0 saturated carbocycles. The number of nitrogens with one attached hydrogen (secondary N) is 2. The largest absolute Gasteiger partial charge is 0.395 e. The van der Waals surface area contributed by atoms with E-state index in [4.69, 9.17) is 5.11 Å². The molecule has 4 heteroatoms. The van der Waals surface area contributed by atoms with Gasteiger partial charge in [0.1, 0.15) is 6.04 Å². The second-order valence-electron chi connectivity index (χ2n) is 3.76. The van der Waals surface area contributed by atoms with Crippen molar-refractivity contribution in [3.63, 3.8) is 0 Å². The van der Waals surface area contributed by atoms with Crippen LogP contribution in [-0.4, -0.2) is 23.7 Å². The lowest BCUT2D eigenvalue weighted by Gasteiger charge is -2.16. The highest BCUT2D eigenvalue weighted by Crippen LogP contribution is 2.30. The number of hydrogen-bond acceptors (Lipinski definition) is 3. The van der Waals surface area contributed by atoms with Gasteiger partial charge >= 0.3 is 0 Å². The van der Waals surface area contributed by atoms with Gasteiger partial charge in [0, 0.05) is 17.3 Å². The number of carbonyl (C=O) groups excluding carboxylic acids is 1. The van der Waals surface area contributed by atoms with Crippen LogP contribution in [0.1, 0.15) is 18.5 Å². The molecule has 1 amide bonds. The second kappa shape index (κ2) is 4.00. The van der Waals surface area contributed by atoms with Crippen molar-refractivity contribution in [1.29, 1.82) is 0 Å². The molecule has 0 radical (unpaired) electrons. The van der Waals surface area contributed by atoms with Crippen molar-refractivity contribution in [1.82, 2.24) is 5.32 Å². The van der Waals surface area contributed by atoms with E-state index >= 15 is 0 Å². The molecule has 80 valence electrons. The molecule has 0 aromatic heterocycles. The summed E-state index contributed by atoms with van der Waals surface area (Å²) in [7, 11) is 0. The summed E-state index contributed by atoms with van der Waals surface area (Å²) in [5.41, 5.74) is 1.80. The van der Waals surface area contributed by atoms with Gasteiger partial charge in [-0.3, -0.25) is 10.1 Å². The molecule has 15 heavy (non-hydrogen) atoms. The Morgan fingerprint density at radius 1 is 1.53 bits per heavy atom. The first kappa shape index (κ1) is 10.1. The summed E-state index contributed by atoms with van der Waals surface area (Å²) in [6.45, 7) is 1.86. The zero-order valence-electron chi connectivity index (χ0n) is 8.53. The van der Waals surface area contributed by atoms with Gasteiger partial charge in [-0.1, -0.05) is 18.2 Å². The third-order valence-electron chi connectivity index (χ3n) is 2.52. The Labute approximate surface area is 88.3 Å². The standard InChI is InChI=1S/C11H14N2O2/c1-7(6-14)12-10-8-4-2-3-5-9(8)13-11(10)15/h2-5,7,10,12,14H,6H2,1H3,(H,13,15). The molecule has 1 aromatic carbocycles. The van der Waals surface area contributed by atoms with E-state index in [1.807, 2.05) is 31.2 Å². The smallest absolute Gasteiger partial charge is 0.246 e. The van der Waals surface area contributed by atoms with Gasteiger partial charge in [-0.05, 0) is 13.0 Å². The fourth-order valence-corrected chi connectivity index (χ4v) is 1.71. The zero-order chi connectivity index (χ0) is 10.8. The van der Waals surface area contributed by atoms with Gasteiger partial charge in [0.15, 0.2) is 0 Å². The molecular formula is C11H14N2O2. The number of para-hydroxylation sites is 1. The average Bonchev–Trinajstić information content (AvgIpc) is 2.55. The number of carbonyl (C=O) groups is 1. The number of anilines is 1. The minimum Gasteiger partial charge on any atom is -0.395 e. The monoisotopic (exact) mass is 206 g/mol. The van der Waals surface area contributed by atoms with Crippen molar-refractivity contribution in [2.24, 2.45) is 0 Å². The van der Waals surface area contributed by atoms with E-state index in [1.54, 1.807) is 0 Å². The predicted molar refractivity (Wildman–Crippen MR) is 57.5 cm³/mol. The second-order valence-corrected chi connectivity index (χ2v) is 3.76. The fraction of sp³-hybridized carbons (Fsp3) is 0.364. The lowest BCUT2D eigenvalue weighted by molar-refractivity contribution is -0.117. The van der Waals surface area contributed by atoms with E-state index in [9.17, 15) is 4.79 Å². The molecule has 1 aromatic rings. The highest BCUT2D eigenvalue weighted by molar-refractivity contribution is 6.02. The number of hydrogen-bond donors (Lipinski definition) is 3. The Morgan fingerprint density at radius 2 is 2.27 bits per heavy atom. The molecule has 2 atom stereocenters. The van der Waals surface area contributed by atoms with Gasteiger partial charge in [-0.15, -0.1) is 0 Å². The number of aliphatic hydroxyl groups excluding tert-OH is 1. The van der Waals surface area contributed by atoms with Crippen LogP contribution in [0.2, 0.25) is 0 Å². The molecule has 2 unspecified atom stereocenters. The number of fused-ring (bicyclic) bond motifs is 1. The van der Waals surface area contributed by atoms with E-state index < -0.39 is 0 Å². The van der Waals surface area contributed by atoms with Crippen molar-refractivity contribution >= 4 is 11.6 Å². The van der Waals surface area contributed by atoms with Gasteiger partial charge < -0.3 is 10.4 Å². The van der Waals surface area contributed by atoms with Gasteiger partial charge in [0.05, 0.1) is 6.61 Å². The number of rotatable bonds is 3. The first-order valence-electron chi connectivity index (χ1n) is 4.99. The van der Waals surface area contributed by atoms with Gasteiger partial charge in [0.2, 0.25) is 5.91 Å². The summed E-state index contributed by atoms with van der Waals surface area (Å²) in [5, 5.41) is 14.8. The van der Waals surface area contributed by atoms with Crippen LogP contribution in [0.15, 0.2) is 24.3 Å². The molecule has 0 fully saturated rings. The molecule has 0 aliphatic carbocycles. The lowest BCUT2D eigenvalue weighted by Crippen LogP contribution is -2.36. The van der Waals surface area contributed by atoms with Crippen LogP contribution in [0.4, 0.5) is 5.69 Å². The highest BCUT2D eigenvalue weighted by atomic mass is 16.3. The summed E-state index contributed by atoms with van der Waals surface area (Å²) < 4.78 is 0. The molecular weight excluding hydrogens is 192 g/mol. The first-order valence-corrected chi connectivity index (χ1v) is 4.99. The summed E-state index contributed by atoms with van der Waals surface area (Å²) in [6.07, 6.45) is 0. The van der Waals surface area contributed by atoms with Crippen molar-refractivity contribution in [3.05, 3.63) is 29.8 Å². The normalized spacial score (nSPS) is 20.9. The van der Waals surface area contributed by atoms with E-state index in [0.29, 0.717) is 0 Å². The van der Waals surface area contributed by atoms with Crippen molar-refractivity contribution in [2.45, 2.75) is 19.0 Å². The topological polar surface area (TPSA) is 61.4 Å². The van der Waals surface area contributed by atoms with Crippen LogP contribution in [0.5, 0.6) is 0 Å². The third-order valence-corrected chi connectivity index (χ3v) is 2.52. The van der Waals surface area contributed by atoms with Gasteiger partial charge in [0.25, 0.3) is 0 Å². The molecule has 0 bridgehead atoms.